The minimum atomic E-state index is 0.140. The third kappa shape index (κ3) is 3.33. The van der Waals surface area contributed by atoms with Crippen molar-refractivity contribution >= 4 is 11.6 Å². The number of carbonyl (C=O) groups excluding carboxylic acids is 1. The number of benzene rings is 1. The zero-order chi connectivity index (χ0) is 13.8. The molecular formula is C15H22N2O2. The molecule has 1 aromatic rings. The fraction of sp³-hybridized carbons (Fsp3) is 0.533. The van der Waals surface area contributed by atoms with E-state index in [1.807, 2.05) is 20.0 Å². The predicted molar refractivity (Wildman–Crippen MR) is 76.4 cm³/mol. The Balaban J connectivity index is 1.99. The maximum atomic E-state index is 11.6. The Morgan fingerprint density at radius 3 is 2.95 bits per heavy atom. The minimum Gasteiger partial charge on any atom is -0.395 e. The summed E-state index contributed by atoms with van der Waals surface area (Å²) in [7, 11) is 1.84. The molecule has 1 aliphatic heterocycles. The number of anilines is 1. The van der Waals surface area contributed by atoms with Gasteiger partial charge in [-0.25, -0.2) is 0 Å². The number of hydrogen-bond acceptors (Lipinski definition) is 3. The van der Waals surface area contributed by atoms with E-state index in [2.05, 4.69) is 17.4 Å². The number of rotatable bonds is 5. The number of hydrogen-bond donors (Lipinski definition) is 2. The van der Waals surface area contributed by atoms with Gasteiger partial charge in [0.05, 0.1) is 6.61 Å². The van der Waals surface area contributed by atoms with Crippen molar-refractivity contribution in [2.75, 3.05) is 25.1 Å². The van der Waals surface area contributed by atoms with Crippen molar-refractivity contribution in [2.45, 2.75) is 32.2 Å². The lowest BCUT2D eigenvalue weighted by Gasteiger charge is -2.26. The molecule has 0 radical (unpaired) electrons. The molecule has 1 unspecified atom stereocenters. The Kier molecular flexibility index (Phi) is 4.56. The summed E-state index contributed by atoms with van der Waals surface area (Å²) < 4.78 is 0. The van der Waals surface area contributed by atoms with E-state index in [4.69, 9.17) is 5.11 Å². The van der Waals surface area contributed by atoms with Gasteiger partial charge in [0.15, 0.2) is 0 Å². The van der Waals surface area contributed by atoms with Gasteiger partial charge in [0.2, 0.25) is 5.91 Å². The largest absolute Gasteiger partial charge is 0.395 e. The molecule has 1 amide bonds. The van der Waals surface area contributed by atoms with E-state index in [1.165, 1.54) is 11.1 Å². The smallest absolute Gasteiger partial charge is 0.227 e. The van der Waals surface area contributed by atoms with Gasteiger partial charge in [-0.3, -0.25) is 4.79 Å². The first-order valence-electron chi connectivity index (χ1n) is 6.84. The SMILES string of the molecule is CC(CO)NCCc1ccc2c(c1)CCC(=O)N2C. The Labute approximate surface area is 114 Å². The highest BCUT2D eigenvalue weighted by Crippen LogP contribution is 2.27. The molecule has 104 valence electrons. The maximum absolute atomic E-state index is 11.6. The summed E-state index contributed by atoms with van der Waals surface area (Å²) in [5, 5.41) is 12.2. The van der Waals surface area contributed by atoms with E-state index in [1.54, 1.807) is 4.90 Å². The molecule has 1 aromatic carbocycles. The molecule has 1 atom stereocenters. The first-order valence-corrected chi connectivity index (χ1v) is 6.84. The number of nitrogens with one attached hydrogen (secondary N) is 1. The summed E-state index contributed by atoms with van der Waals surface area (Å²) in [6.45, 7) is 2.99. The van der Waals surface area contributed by atoms with E-state index >= 15 is 0 Å². The van der Waals surface area contributed by atoms with Crippen molar-refractivity contribution < 1.29 is 9.90 Å². The van der Waals surface area contributed by atoms with E-state index in [0.29, 0.717) is 6.42 Å². The molecule has 0 spiro atoms. The van der Waals surface area contributed by atoms with Crippen LogP contribution in [0.5, 0.6) is 0 Å². The predicted octanol–water partition coefficient (Wildman–Crippen LogP) is 1.11. The van der Waals surface area contributed by atoms with Crippen molar-refractivity contribution in [1.29, 1.82) is 0 Å². The number of carbonyl (C=O) groups is 1. The molecule has 4 heteroatoms. The summed E-state index contributed by atoms with van der Waals surface area (Å²) in [6.07, 6.45) is 2.38. The molecule has 2 N–H and O–H groups in total. The number of amides is 1. The van der Waals surface area contributed by atoms with E-state index < -0.39 is 0 Å². The summed E-state index contributed by atoms with van der Waals surface area (Å²) in [5.74, 6) is 0.193. The molecule has 0 aliphatic carbocycles. The molecule has 0 aromatic heterocycles. The standard InChI is InChI=1S/C15H22N2O2/c1-11(10-18)16-8-7-12-3-5-14-13(9-12)4-6-15(19)17(14)2/h3,5,9,11,16,18H,4,6-8,10H2,1-2H3. The third-order valence-corrected chi connectivity index (χ3v) is 3.67. The van der Waals surface area contributed by atoms with E-state index in [0.717, 1.165) is 25.1 Å². The van der Waals surface area contributed by atoms with Crippen molar-refractivity contribution in [3.8, 4) is 0 Å². The van der Waals surface area contributed by atoms with Gasteiger partial charge in [-0.1, -0.05) is 12.1 Å². The van der Waals surface area contributed by atoms with Crippen LogP contribution in [0.15, 0.2) is 18.2 Å². The molecule has 4 nitrogen and oxygen atoms in total. The van der Waals surface area contributed by atoms with Crippen LogP contribution in [0.2, 0.25) is 0 Å². The lowest BCUT2D eigenvalue weighted by Crippen LogP contribution is -2.32. The lowest BCUT2D eigenvalue weighted by molar-refractivity contribution is -0.118. The van der Waals surface area contributed by atoms with Crippen LogP contribution in [0.3, 0.4) is 0 Å². The number of aliphatic hydroxyl groups is 1. The van der Waals surface area contributed by atoms with Crippen LogP contribution < -0.4 is 10.2 Å². The summed E-state index contributed by atoms with van der Waals surface area (Å²) in [6, 6.07) is 6.46. The van der Waals surface area contributed by atoms with Gasteiger partial charge in [-0.2, -0.15) is 0 Å². The molecule has 2 rings (SSSR count). The van der Waals surface area contributed by atoms with E-state index in [-0.39, 0.29) is 18.6 Å². The summed E-state index contributed by atoms with van der Waals surface area (Å²) >= 11 is 0. The number of aliphatic hydroxyl groups excluding tert-OH is 1. The van der Waals surface area contributed by atoms with Gasteiger partial charge in [-0.05, 0) is 43.5 Å². The van der Waals surface area contributed by atoms with Crippen LogP contribution in [-0.2, 0) is 17.6 Å². The molecule has 19 heavy (non-hydrogen) atoms. The van der Waals surface area contributed by atoms with Crippen LogP contribution in [0.1, 0.15) is 24.5 Å². The summed E-state index contributed by atoms with van der Waals surface area (Å²) in [4.78, 5) is 13.4. The Morgan fingerprint density at radius 2 is 2.21 bits per heavy atom. The number of aryl methyl sites for hydroxylation is 1. The summed E-state index contributed by atoms with van der Waals surface area (Å²) in [5.41, 5.74) is 3.57. The van der Waals surface area contributed by atoms with Crippen molar-refractivity contribution in [1.82, 2.24) is 5.32 Å². The van der Waals surface area contributed by atoms with Crippen molar-refractivity contribution in [3.05, 3.63) is 29.3 Å². The fourth-order valence-electron chi connectivity index (χ4n) is 2.39. The maximum Gasteiger partial charge on any atom is 0.227 e. The van der Waals surface area contributed by atoms with Crippen LogP contribution in [0.25, 0.3) is 0 Å². The van der Waals surface area contributed by atoms with Crippen molar-refractivity contribution in [3.63, 3.8) is 0 Å². The quantitative estimate of drug-likeness (QED) is 0.836. The average Bonchev–Trinajstić information content (AvgIpc) is 2.43. The second-order valence-corrected chi connectivity index (χ2v) is 5.20. The monoisotopic (exact) mass is 262 g/mol. The first kappa shape index (κ1) is 14.0. The van der Waals surface area contributed by atoms with Gasteiger partial charge >= 0.3 is 0 Å². The molecule has 0 bridgehead atoms. The highest BCUT2D eigenvalue weighted by atomic mass is 16.3. The lowest BCUT2D eigenvalue weighted by atomic mass is 9.98. The van der Waals surface area contributed by atoms with Crippen molar-refractivity contribution in [2.24, 2.45) is 0 Å². The number of nitrogens with zero attached hydrogens (tertiary/aromatic N) is 1. The van der Waals surface area contributed by atoms with Crippen LogP contribution in [0, 0.1) is 0 Å². The molecular weight excluding hydrogens is 240 g/mol. The minimum absolute atomic E-state index is 0.140. The van der Waals surface area contributed by atoms with Crippen LogP contribution >= 0.6 is 0 Å². The molecule has 1 heterocycles. The molecule has 0 saturated heterocycles. The van der Waals surface area contributed by atoms with Gasteiger partial charge in [0.25, 0.3) is 0 Å². The Morgan fingerprint density at radius 1 is 1.42 bits per heavy atom. The molecule has 0 fully saturated rings. The van der Waals surface area contributed by atoms with Crippen LogP contribution in [-0.4, -0.2) is 37.3 Å². The molecule has 0 saturated carbocycles. The van der Waals surface area contributed by atoms with Gasteiger partial charge in [-0.15, -0.1) is 0 Å². The molecule has 1 aliphatic rings. The number of fused-ring (bicyclic) bond motifs is 1. The first-order chi connectivity index (χ1) is 9.11. The average molecular weight is 262 g/mol. The highest BCUT2D eigenvalue weighted by Gasteiger charge is 2.20. The third-order valence-electron chi connectivity index (χ3n) is 3.67. The van der Waals surface area contributed by atoms with Gasteiger partial charge in [0.1, 0.15) is 0 Å². The topological polar surface area (TPSA) is 52.6 Å². The second-order valence-electron chi connectivity index (χ2n) is 5.20. The van der Waals surface area contributed by atoms with Gasteiger partial charge in [0, 0.05) is 25.2 Å². The Hall–Kier alpha value is -1.39. The Bertz CT molecular complexity index is 459. The van der Waals surface area contributed by atoms with E-state index in [9.17, 15) is 4.79 Å². The van der Waals surface area contributed by atoms with Gasteiger partial charge < -0.3 is 15.3 Å². The highest BCUT2D eigenvalue weighted by molar-refractivity contribution is 5.95. The van der Waals surface area contributed by atoms with Crippen LogP contribution in [0.4, 0.5) is 5.69 Å². The zero-order valence-corrected chi connectivity index (χ0v) is 11.6. The normalized spacial score (nSPS) is 16.4. The fourth-order valence-corrected chi connectivity index (χ4v) is 2.39. The zero-order valence-electron chi connectivity index (χ0n) is 11.6. The second kappa shape index (κ2) is 6.17.